The summed E-state index contributed by atoms with van der Waals surface area (Å²) in [5.41, 5.74) is 0. The topological polar surface area (TPSA) is 149 Å². The van der Waals surface area contributed by atoms with Gasteiger partial charge >= 0.3 is 20.2 Å². The van der Waals surface area contributed by atoms with Gasteiger partial charge in [0.15, 0.2) is 0 Å². The van der Waals surface area contributed by atoms with Gasteiger partial charge in [-0.1, -0.05) is 13.8 Å². The van der Waals surface area contributed by atoms with Crippen molar-refractivity contribution in [3.8, 4) is 0 Å². The summed E-state index contributed by atoms with van der Waals surface area (Å²) >= 11 is 0. The number of hydrogen-bond donors (Lipinski definition) is 4. The van der Waals surface area contributed by atoms with Crippen molar-refractivity contribution < 1.29 is 36.2 Å². The average Bonchev–Trinajstić information content (AvgIpc) is 2.22. The SMILES string of the molecule is CCC(O)(SSC(O)(CC)S(=O)(=O)O)S(=O)(=O)O. The Bertz CT molecular complexity index is 438. The van der Waals surface area contributed by atoms with E-state index >= 15 is 0 Å². The highest BCUT2D eigenvalue weighted by Gasteiger charge is 2.47. The molecular formula is C6H14O8S4. The third kappa shape index (κ3) is 3.96. The molecule has 0 fully saturated rings. The molecule has 0 aliphatic carbocycles. The molecule has 0 radical (unpaired) electrons. The minimum absolute atomic E-state index is 0.0343. The highest BCUT2D eigenvalue weighted by Crippen LogP contribution is 2.48. The predicted molar refractivity (Wildman–Crippen MR) is 68.8 cm³/mol. The molecule has 0 aliphatic rings. The molecule has 0 bridgehead atoms. The summed E-state index contributed by atoms with van der Waals surface area (Å²) in [5.74, 6) is 0. The van der Waals surface area contributed by atoms with Crippen molar-refractivity contribution in [2.24, 2.45) is 0 Å². The summed E-state index contributed by atoms with van der Waals surface area (Å²) in [4.78, 5) is 0. The Morgan fingerprint density at radius 2 is 1.06 bits per heavy atom. The van der Waals surface area contributed by atoms with E-state index in [9.17, 15) is 27.0 Å². The molecule has 0 rings (SSSR count). The third-order valence-electron chi connectivity index (χ3n) is 2.00. The van der Waals surface area contributed by atoms with Gasteiger partial charge in [-0.05, 0) is 21.6 Å². The zero-order valence-electron chi connectivity index (χ0n) is 9.47. The fraction of sp³-hybridized carbons (Fsp3) is 1.00. The molecule has 2 unspecified atom stereocenters. The van der Waals surface area contributed by atoms with E-state index < -0.39 is 41.6 Å². The van der Waals surface area contributed by atoms with Crippen LogP contribution in [0.1, 0.15) is 26.7 Å². The van der Waals surface area contributed by atoms with Crippen LogP contribution in [0.25, 0.3) is 0 Å². The molecule has 0 spiro atoms. The van der Waals surface area contributed by atoms with Gasteiger partial charge in [0.2, 0.25) is 8.53 Å². The molecule has 18 heavy (non-hydrogen) atoms. The second kappa shape index (κ2) is 5.83. The maximum Gasteiger partial charge on any atom is 0.306 e. The Kier molecular flexibility index (Phi) is 5.97. The van der Waals surface area contributed by atoms with Crippen LogP contribution >= 0.6 is 21.6 Å². The molecule has 0 saturated carbocycles. The van der Waals surface area contributed by atoms with Crippen molar-refractivity contribution in [3.05, 3.63) is 0 Å². The van der Waals surface area contributed by atoms with E-state index in [-0.39, 0.29) is 21.6 Å². The Balaban J connectivity index is 5.17. The van der Waals surface area contributed by atoms with E-state index in [0.29, 0.717) is 0 Å². The van der Waals surface area contributed by atoms with Crippen LogP contribution in [0.3, 0.4) is 0 Å². The van der Waals surface area contributed by atoms with E-state index in [1.807, 2.05) is 0 Å². The summed E-state index contributed by atoms with van der Waals surface area (Å²) in [7, 11) is -9.69. The quantitative estimate of drug-likeness (QED) is 0.288. The van der Waals surface area contributed by atoms with Crippen molar-refractivity contribution in [2.75, 3.05) is 0 Å². The maximum atomic E-state index is 10.9. The first kappa shape index (κ1) is 18.4. The van der Waals surface area contributed by atoms with Crippen LogP contribution in [0.15, 0.2) is 0 Å². The van der Waals surface area contributed by atoms with Crippen LogP contribution < -0.4 is 0 Å². The van der Waals surface area contributed by atoms with Crippen molar-refractivity contribution in [1.82, 2.24) is 0 Å². The Morgan fingerprint density at radius 3 is 1.17 bits per heavy atom. The van der Waals surface area contributed by atoms with Gasteiger partial charge in [0.05, 0.1) is 0 Å². The molecular weight excluding hydrogens is 328 g/mol. The van der Waals surface area contributed by atoms with Gasteiger partial charge in [-0.15, -0.1) is 0 Å². The fourth-order valence-corrected chi connectivity index (χ4v) is 6.26. The molecule has 8 nitrogen and oxygen atoms in total. The molecule has 0 amide bonds. The summed E-state index contributed by atoms with van der Waals surface area (Å²) < 4.78 is 55.9. The highest BCUT2D eigenvalue weighted by molar-refractivity contribution is 8.80. The van der Waals surface area contributed by atoms with Crippen LogP contribution in [-0.4, -0.2) is 44.7 Å². The zero-order chi connectivity index (χ0) is 14.8. The lowest BCUT2D eigenvalue weighted by molar-refractivity contribution is 0.195. The van der Waals surface area contributed by atoms with Crippen LogP contribution in [0.2, 0.25) is 0 Å². The minimum Gasteiger partial charge on any atom is -0.364 e. The molecule has 2 atom stereocenters. The lowest BCUT2D eigenvalue weighted by Gasteiger charge is -2.27. The first-order valence-corrected chi connectivity index (χ1v) is 9.61. The standard InChI is InChI=1S/C6H14O8S4/c1-3-5(7,17(9,10)11)15-16-6(8,4-2)18(12,13)14/h7-8H,3-4H2,1-2H3,(H,9,10,11)(H,12,13,14). The smallest absolute Gasteiger partial charge is 0.306 e. The molecule has 12 heteroatoms. The van der Waals surface area contributed by atoms with Gasteiger partial charge in [0, 0.05) is 12.8 Å². The number of hydrogen-bond acceptors (Lipinski definition) is 8. The number of aliphatic hydroxyl groups is 2. The minimum atomic E-state index is -4.88. The van der Waals surface area contributed by atoms with Crippen LogP contribution in [0, 0.1) is 0 Å². The van der Waals surface area contributed by atoms with Gasteiger partial charge in [0.1, 0.15) is 0 Å². The molecule has 0 aromatic rings. The molecule has 0 aliphatic heterocycles. The maximum absolute atomic E-state index is 10.9. The van der Waals surface area contributed by atoms with Crippen molar-refractivity contribution in [1.29, 1.82) is 0 Å². The van der Waals surface area contributed by atoms with Crippen molar-refractivity contribution >= 4 is 41.8 Å². The van der Waals surface area contributed by atoms with Gasteiger partial charge in [-0.25, -0.2) is 0 Å². The highest BCUT2D eigenvalue weighted by atomic mass is 33.1. The van der Waals surface area contributed by atoms with E-state index in [2.05, 4.69) is 0 Å². The largest absolute Gasteiger partial charge is 0.364 e. The molecule has 0 heterocycles. The second-order valence-electron chi connectivity index (χ2n) is 3.25. The van der Waals surface area contributed by atoms with Crippen LogP contribution in [-0.2, 0) is 20.2 Å². The number of rotatable bonds is 7. The molecule has 0 aromatic carbocycles. The van der Waals surface area contributed by atoms with Crippen molar-refractivity contribution in [2.45, 2.75) is 35.2 Å². The van der Waals surface area contributed by atoms with Crippen LogP contribution in [0.5, 0.6) is 0 Å². The first-order valence-electron chi connectivity index (χ1n) is 4.58. The predicted octanol–water partition coefficient (Wildman–Crippen LogP) is 0.256. The second-order valence-corrected chi connectivity index (χ2v) is 9.70. The average molecular weight is 342 g/mol. The molecule has 4 N–H and O–H groups in total. The fourth-order valence-electron chi connectivity index (χ4n) is 0.699. The van der Waals surface area contributed by atoms with E-state index in [4.69, 9.17) is 9.11 Å². The Morgan fingerprint density at radius 1 is 0.833 bits per heavy atom. The van der Waals surface area contributed by atoms with Gasteiger partial charge in [-0.2, -0.15) is 16.8 Å². The Labute approximate surface area is 113 Å². The zero-order valence-corrected chi connectivity index (χ0v) is 12.7. The molecule has 0 aromatic heterocycles. The van der Waals surface area contributed by atoms with Gasteiger partial charge in [0.25, 0.3) is 0 Å². The lowest BCUT2D eigenvalue weighted by Crippen LogP contribution is -2.37. The summed E-state index contributed by atoms with van der Waals surface area (Å²) in [6.45, 7) is 2.47. The van der Waals surface area contributed by atoms with E-state index in [1.165, 1.54) is 13.8 Å². The normalized spacial score (nSPS) is 20.1. The first-order chi connectivity index (χ1) is 7.83. The van der Waals surface area contributed by atoms with Gasteiger partial charge in [-0.3, -0.25) is 9.11 Å². The van der Waals surface area contributed by atoms with E-state index in [0.717, 1.165) is 0 Å². The monoisotopic (exact) mass is 342 g/mol. The van der Waals surface area contributed by atoms with E-state index in [1.54, 1.807) is 0 Å². The molecule has 110 valence electrons. The van der Waals surface area contributed by atoms with Gasteiger partial charge < -0.3 is 10.2 Å². The summed E-state index contributed by atoms with van der Waals surface area (Å²) in [6, 6.07) is 0. The third-order valence-corrected chi connectivity index (χ3v) is 9.67. The lowest BCUT2D eigenvalue weighted by atomic mass is 10.5. The summed E-state index contributed by atoms with van der Waals surface area (Å²) in [5, 5.41) is 19.2. The Hall–Kier alpha value is 0.440. The van der Waals surface area contributed by atoms with Crippen molar-refractivity contribution in [3.63, 3.8) is 0 Å². The summed E-state index contributed by atoms with van der Waals surface area (Å²) in [6.07, 6.45) is -0.899. The molecule has 0 saturated heterocycles. The van der Waals surface area contributed by atoms with Crippen LogP contribution in [0.4, 0.5) is 0 Å².